The number of aromatic carboxylic acids is 1. The van der Waals surface area contributed by atoms with E-state index in [1.54, 1.807) is 0 Å². The third-order valence-corrected chi connectivity index (χ3v) is 2.83. The van der Waals surface area contributed by atoms with Gasteiger partial charge in [0.05, 0.1) is 0 Å². The van der Waals surface area contributed by atoms with Crippen molar-refractivity contribution in [2.24, 2.45) is 0 Å². The number of anilines is 1. The number of carbonyl (C=O) groups excluding carboxylic acids is 1. The van der Waals surface area contributed by atoms with Crippen LogP contribution in [0.3, 0.4) is 0 Å². The van der Waals surface area contributed by atoms with Gasteiger partial charge in [0.15, 0.2) is 5.82 Å². The average Bonchev–Trinajstić information content (AvgIpc) is 2.82. The monoisotopic (exact) mass is 267 g/mol. The first kappa shape index (κ1) is 15.2. The van der Waals surface area contributed by atoms with Crippen molar-refractivity contribution in [2.45, 2.75) is 51.9 Å². The van der Waals surface area contributed by atoms with E-state index in [4.69, 9.17) is 5.11 Å². The van der Waals surface area contributed by atoms with Gasteiger partial charge < -0.3 is 10.4 Å². The molecule has 6 heteroatoms. The number of amides is 1. The molecule has 0 aromatic carbocycles. The number of nitrogens with zero attached hydrogens (tertiary/aromatic N) is 1. The molecule has 3 N–H and O–H groups in total. The van der Waals surface area contributed by atoms with Gasteiger partial charge in [0, 0.05) is 12.5 Å². The summed E-state index contributed by atoms with van der Waals surface area (Å²) in [5.74, 6) is -0.962. The fourth-order valence-electron chi connectivity index (χ4n) is 1.77. The molecule has 19 heavy (non-hydrogen) atoms. The molecule has 0 spiro atoms. The Bertz CT molecular complexity index is 415. The molecule has 6 nitrogen and oxygen atoms in total. The van der Waals surface area contributed by atoms with E-state index in [-0.39, 0.29) is 17.4 Å². The van der Waals surface area contributed by atoms with Crippen molar-refractivity contribution in [3.05, 3.63) is 11.8 Å². The zero-order valence-corrected chi connectivity index (χ0v) is 11.2. The minimum atomic E-state index is -1.09. The number of hydrogen-bond acceptors (Lipinski definition) is 3. The van der Waals surface area contributed by atoms with Crippen molar-refractivity contribution in [1.29, 1.82) is 0 Å². The van der Waals surface area contributed by atoms with Gasteiger partial charge in [-0.3, -0.25) is 9.89 Å². The second kappa shape index (κ2) is 8.29. The van der Waals surface area contributed by atoms with Crippen molar-refractivity contribution in [3.63, 3.8) is 0 Å². The van der Waals surface area contributed by atoms with E-state index in [1.807, 2.05) is 0 Å². The lowest BCUT2D eigenvalue weighted by Crippen LogP contribution is -2.11. The number of carboxylic acid groups (broad SMARTS) is 1. The lowest BCUT2D eigenvalue weighted by molar-refractivity contribution is -0.116. The van der Waals surface area contributed by atoms with Gasteiger partial charge in [0.25, 0.3) is 0 Å². The highest BCUT2D eigenvalue weighted by molar-refractivity contribution is 5.92. The first-order valence-electron chi connectivity index (χ1n) is 6.72. The fraction of sp³-hybridized carbons (Fsp3) is 0.615. The Hall–Kier alpha value is -1.85. The Kier molecular flexibility index (Phi) is 6.63. The Morgan fingerprint density at radius 3 is 2.58 bits per heavy atom. The largest absolute Gasteiger partial charge is 0.477 e. The van der Waals surface area contributed by atoms with Crippen LogP contribution in [0.2, 0.25) is 0 Å². The summed E-state index contributed by atoms with van der Waals surface area (Å²) in [5, 5.41) is 17.3. The SMILES string of the molecule is CCCCCCCCC(=O)Nc1cc(C(=O)O)[nH]n1. The van der Waals surface area contributed by atoms with Crippen LogP contribution in [0.15, 0.2) is 6.07 Å². The first-order chi connectivity index (χ1) is 9.13. The van der Waals surface area contributed by atoms with Crippen LogP contribution in [0.5, 0.6) is 0 Å². The Morgan fingerprint density at radius 2 is 1.95 bits per heavy atom. The molecule has 1 aromatic heterocycles. The van der Waals surface area contributed by atoms with Gasteiger partial charge in [0.2, 0.25) is 5.91 Å². The van der Waals surface area contributed by atoms with Crippen LogP contribution >= 0.6 is 0 Å². The fourth-order valence-corrected chi connectivity index (χ4v) is 1.77. The van der Waals surface area contributed by atoms with Crippen molar-refractivity contribution in [3.8, 4) is 0 Å². The molecule has 1 heterocycles. The maximum atomic E-state index is 11.6. The molecule has 106 valence electrons. The van der Waals surface area contributed by atoms with E-state index in [0.29, 0.717) is 6.42 Å². The van der Waals surface area contributed by atoms with Crippen LogP contribution in [-0.2, 0) is 4.79 Å². The number of rotatable bonds is 9. The highest BCUT2D eigenvalue weighted by atomic mass is 16.4. The summed E-state index contributed by atoms with van der Waals surface area (Å²) < 4.78 is 0. The number of unbranched alkanes of at least 4 members (excludes halogenated alkanes) is 5. The first-order valence-corrected chi connectivity index (χ1v) is 6.72. The van der Waals surface area contributed by atoms with Crippen molar-refractivity contribution < 1.29 is 14.7 Å². The topological polar surface area (TPSA) is 95.1 Å². The predicted octanol–water partition coefficient (Wildman–Crippen LogP) is 2.80. The summed E-state index contributed by atoms with van der Waals surface area (Å²) in [4.78, 5) is 22.2. The standard InChI is InChI=1S/C13H21N3O3/c1-2-3-4-5-6-7-8-12(17)14-11-9-10(13(18)19)15-16-11/h9H,2-8H2,1H3,(H,18,19)(H2,14,15,16,17). The lowest BCUT2D eigenvalue weighted by atomic mass is 10.1. The molecule has 0 saturated carbocycles. The Labute approximate surface area is 112 Å². The normalized spacial score (nSPS) is 10.4. The van der Waals surface area contributed by atoms with Crippen LogP contribution in [0.1, 0.15) is 62.4 Å². The summed E-state index contributed by atoms with van der Waals surface area (Å²) in [6, 6.07) is 1.31. The van der Waals surface area contributed by atoms with Gasteiger partial charge >= 0.3 is 5.97 Å². The second-order valence-electron chi connectivity index (χ2n) is 4.54. The molecule has 1 aromatic rings. The molecule has 0 radical (unpaired) electrons. The van der Waals surface area contributed by atoms with Crippen LogP contribution in [0.25, 0.3) is 0 Å². The van der Waals surface area contributed by atoms with Gasteiger partial charge in [-0.05, 0) is 6.42 Å². The number of nitrogens with one attached hydrogen (secondary N) is 2. The predicted molar refractivity (Wildman–Crippen MR) is 72.2 cm³/mol. The molecule has 0 saturated heterocycles. The molecule has 0 aliphatic heterocycles. The third kappa shape index (κ3) is 6.03. The maximum absolute atomic E-state index is 11.6. The number of aromatic nitrogens is 2. The zero-order valence-electron chi connectivity index (χ0n) is 11.2. The molecule has 0 bridgehead atoms. The minimum absolute atomic E-state index is 0.0325. The molecule has 0 atom stereocenters. The molecule has 1 rings (SSSR count). The number of aromatic amines is 1. The van der Waals surface area contributed by atoms with Crippen LogP contribution in [0.4, 0.5) is 5.82 Å². The van der Waals surface area contributed by atoms with E-state index in [2.05, 4.69) is 22.4 Å². The van der Waals surface area contributed by atoms with Crippen molar-refractivity contribution >= 4 is 17.7 Å². The van der Waals surface area contributed by atoms with Gasteiger partial charge in [-0.25, -0.2) is 4.79 Å². The molecule has 0 aliphatic rings. The zero-order chi connectivity index (χ0) is 14.1. The van der Waals surface area contributed by atoms with E-state index in [0.717, 1.165) is 19.3 Å². The maximum Gasteiger partial charge on any atom is 0.353 e. The van der Waals surface area contributed by atoms with E-state index in [1.165, 1.54) is 25.3 Å². The summed E-state index contributed by atoms with van der Waals surface area (Å²) in [7, 11) is 0. The van der Waals surface area contributed by atoms with Crippen molar-refractivity contribution in [2.75, 3.05) is 5.32 Å². The van der Waals surface area contributed by atoms with Gasteiger partial charge in [0.1, 0.15) is 5.69 Å². The van der Waals surface area contributed by atoms with Crippen LogP contribution in [0, 0.1) is 0 Å². The molecule has 0 fully saturated rings. The second-order valence-corrected chi connectivity index (χ2v) is 4.54. The highest BCUT2D eigenvalue weighted by Crippen LogP contribution is 2.09. The average molecular weight is 267 g/mol. The number of carboxylic acids is 1. The molecular formula is C13H21N3O3. The number of carbonyl (C=O) groups is 2. The van der Waals surface area contributed by atoms with Crippen LogP contribution in [-0.4, -0.2) is 27.2 Å². The lowest BCUT2D eigenvalue weighted by Gasteiger charge is -2.02. The van der Waals surface area contributed by atoms with E-state index < -0.39 is 5.97 Å². The van der Waals surface area contributed by atoms with Gasteiger partial charge in [-0.1, -0.05) is 39.0 Å². The quantitative estimate of drug-likeness (QED) is 0.599. The van der Waals surface area contributed by atoms with E-state index in [9.17, 15) is 9.59 Å². The van der Waals surface area contributed by atoms with Crippen molar-refractivity contribution in [1.82, 2.24) is 10.2 Å². The Balaban J connectivity index is 2.18. The number of hydrogen-bond donors (Lipinski definition) is 3. The summed E-state index contributed by atoms with van der Waals surface area (Å²) in [6.45, 7) is 2.17. The smallest absolute Gasteiger partial charge is 0.353 e. The third-order valence-electron chi connectivity index (χ3n) is 2.83. The molecule has 1 amide bonds. The number of H-pyrrole nitrogens is 1. The molecular weight excluding hydrogens is 246 g/mol. The summed E-state index contributed by atoms with van der Waals surface area (Å²) >= 11 is 0. The van der Waals surface area contributed by atoms with E-state index >= 15 is 0 Å². The Morgan fingerprint density at radius 1 is 1.26 bits per heavy atom. The highest BCUT2D eigenvalue weighted by Gasteiger charge is 2.09. The minimum Gasteiger partial charge on any atom is -0.477 e. The summed E-state index contributed by atoms with van der Waals surface area (Å²) in [5.41, 5.74) is -0.0325. The van der Waals surface area contributed by atoms with Gasteiger partial charge in [-0.15, -0.1) is 0 Å². The molecule has 0 aliphatic carbocycles. The van der Waals surface area contributed by atoms with Gasteiger partial charge in [-0.2, -0.15) is 5.10 Å². The molecule has 0 unspecified atom stereocenters. The summed E-state index contributed by atoms with van der Waals surface area (Å²) in [6.07, 6.45) is 7.19. The van der Waals surface area contributed by atoms with Crippen LogP contribution < -0.4 is 5.32 Å².